The number of ether oxygens (including phenoxy) is 1. The number of hydrogen-bond acceptors (Lipinski definition) is 5. The van der Waals surface area contributed by atoms with Crippen molar-refractivity contribution in [3.8, 4) is 5.69 Å². The molecular weight excluding hydrogens is 236 g/mol. The third kappa shape index (κ3) is 2.18. The van der Waals surface area contributed by atoms with E-state index in [0.717, 1.165) is 24.1 Å². The van der Waals surface area contributed by atoms with Gasteiger partial charge in [0.15, 0.2) is 0 Å². The Labute approximate surface area is 103 Å². The third-order valence-electron chi connectivity index (χ3n) is 2.57. The van der Waals surface area contributed by atoms with Gasteiger partial charge < -0.3 is 4.74 Å². The van der Waals surface area contributed by atoms with Crippen molar-refractivity contribution < 1.29 is 4.74 Å². The van der Waals surface area contributed by atoms with Gasteiger partial charge in [-0.3, -0.25) is 0 Å². The molecule has 1 saturated heterocycles. The first-order valence-electron chi connectivity index (χ1n) is 5.43. The lowest BCUT2D eigenvalue weighted by Crippen LogP contribution is -2.30. The van der Waals surface area contributed by atoms with Gasteiger partial charge in [0.25, 0.3) is 0 Å². The van der Waals surface area contributed by atoms with Crippen molar-refractivity contribution in [1.82, 2.24) is 20.2 Å². The van der Waals surface area contributed by atoms with E-state index in [1.165, 1.54) is 5.56 Å². The summed E-state index contributed by atoms with van der Waals surface area (Å²) in [5.74, 6) is 0. The molecule has 3 rings (SSSR count). The van der Waals surface area contributed by atoms with Gasteiger partial charge in [-0.2, -0.15) is 4.68 Å². The molecule has 0 aliphatic carbocycles. The van der Waals surface area contributed by atoms with E-state index in [1.807, 2.05) is 12.1 Å². The highest BCUT2D eigenvalue weighted by Crippen LogP contribution is 2.27. The van der Waals surface area contributed by atoms with Crippen molar-refractivity contribution in [3.63, 3.8) is 0 Å². The minimum atomic E-state index is 0.476. The van der Waals surface area contributed by atoms with Gasteiger partial charge in [0, 0.05) is 0 Å². The Morgan fingerprint density at radius 3 is 3.00 bits per heavy atom. The Hall–Kier alpha value is -1.40. The van der Waals surface area contributed by atoms with Crippen molar-refractivity contribution in [2.24, 2.45) is 0 Å². The highest BCUT2D eigenvalue weighted by Gasteiger charge is 2.23. The predicted molar refractivity (Wildman–Crippen MR) is 64.4 cm³/mol. The van der Waals surface area contributed by atoms with E-state index in [1.54, 1.807) is 16.4 Å². The van der Waals surface area contributed by atoms with Crippen LogP contribution in [0.2, 0.25) is 0 Å². The summed E-state index contributed by atoms with van der Waals surface area (Å²) in [5, 5.41) is 13.1. The first-order chi connectivity index (χ1) is 8.33. The van der Waals surface area contributed by atoms with E-state index in [-0.39, 0.29) is 0 Å². The summed E-state index contributed by atoms with van der Waals surface area (Å²) in [6, 6.07) is 8.14. The van der Waals surface area contributed by atoms with Crippen LogP contribution in [-0.2, 0) is 4.74 Å². The molecule has 1 aliphatic rings. The fourth-order valence-corrected chi connectivity index (χ4v) is 2.56. The van der Waals surface area contributed by atoms with E-state index >= 15 is 0 Å². The molecule has 0 atom stereocenters. The van der Waals surface area contributed by atoms with Gasteiger partial charge in [0.1, 0.15) is 0 Å². The lowest BCUT2D eigenvalue weighted by Gasteiger charge is -2.24. The molecule has 6 heteroatoms. The summed E-state index contributed by atoms with van der Waals surface area (Å²) in [7, 11) is 0. The van der Waals surface area contributed by atoms with E-state index in [9.17, 15) is 0 Å². The van der Waals surface area contributed by atoms with Gasteiger partial charge in [-0.25, -0.2) is 0 Å². The lowest BCUT2D eigenvalue weighted by molar-refractivity contribution is 0.0454. The number of aryl methyl sites for hydroxylation is 1. The highest BCUT2D eigenvalue weighted by molar-refractivity contribution is 7.99. The van der Waals surface area contributed by atoms with Crippen molar-refractivity contribution in [1.29, 1.82) is 0 Å². The second-order valence-corrected chi connectivity index (χ2v) is 5.26. The number of nitrogens with zero attached hydrogens (tertiary/aromatic N) is 4. The molecule has 5 nitrogen and oxygen atoms in total. The maximum Gasteiger partial charge on any atom is 0.214 e. The molecule has 0 amide bonds. The zero-order chi connectivity index (χ0) is 11.7. The maximum atomic E-state index is 5.15. The van der Waals surface area contributed by atoms with Gasteiger partial charge in [-0.15, -0.1) is 5.10 Å². The van der Waals surface area contributed by atoms with E-state index in [4.69, 9.17) is 4.74 Å². The molecule has 17 heavy (non-hydrogen) atoms. The first-order valence-corrected chi connectivity index (χ1v) is 6.31. The molecule has 0 saturated carbocycles. The SMILES string of the molecule is Cc1cccc(-n2nnnc2SC2COC2)c1. The summed E-state index contributed by atoms with van der Waals surface area (Å²) >= 11 is 1.67. The molecule has 0 unspecified atom stereocenters. The van der Waals surface area contributed by atoms with Gasteiger partial charge >= 0.3 is 0 Å². The van der Waals surface area contributed by atoms with Crippen LogP contribution in [0.3, 0.4) is 0 Å². The van der Waals surface area contributed by atoms with Crippen molar-refractivity contribution in [3.05, 3.63) is 29.8 Å². The standard InChI is InChI=1S/C11H12N4OS/c1-8-3-2-4-9(5-8)15-11(12-13-14-15)17-10-6-16-7-10/h2-5,10H,6-7H2,1H3. The molecule has 2 aromatic rings. The Bertz CT molecular complexity index is 524. The number of rotatable bonds is 3. The van der Waals surface area contributed by atoms with Crippen molar-refractivity contribution >= 4 is 11.8 Å². The Morgan fingerprint density at radius 2 is 2.29 bits per heavy atom. The normalized spacial score (nSPS) is 15.8. The fraction of sp³-hybridized carbons (Fsp3) is 0.364. The van der Waals surface area contributed by atoms with Gasteiger partial charge in [0.2, 0.25) is 5.16 Å². The van der Waals surface area contributed by atoms with E-state index < -0.39 is 0 Å². The molecule has 0 bridgehead atoms. The quantitative estimate of drug-likeness (QED) is 0.823. The van der Waals surface area contributed by atoms with Crippen molar-refractivity contribution in [2.45, 2.75) is 17.3 Å². The minimum absolute atomic E-state index is 0.476. The van der Waals surface area contributed by atoms with Gasteiger partial charge in [0.05, 0.1) is 24.2 Å². The largest absolute Gasteiger partial charge is 0.379 e. The minimum Gasteiger partial charge on any atom is -0.379 e. The van der Waals surface area contributed by atoms with Crippen LogP contribution in [0.1, 0.15) is 5.56 Å². The first kappa shape index (κ1) is 10.7. The van der Waals surface area contributed by atoms with Gasteiger partial charge in [-0.1, -0.05) is 23.9 Å². The number of thioether (sulfide) groups is 1. The van der Waals surface area contributed by atoms with Crippen LogP contribution in [0.4, 0.5) is 0 Å². The molecule has 88 valence electrons. The zero-order valence-electron chi connectivity index (χ0n) is 9.41. The second-order valence-electron chi connectivity index (χ2n) is 3.99. The van der Waals surface area contributed by atoms with Gasteiger partial charge in [-0.05, 0) is 35.0 Å². The number of tetrazole rings is 1. The Morgan fingerprint density at radius 1 is 1.41 bits per heavy atom. The summed E-state index contributed by atoms with van der Waals surface area (Å²) in [6.45, 7) is 3.62. The smallest absolute Gasteiger partial charge is 0.214 e. The zero-order valence-corrected chi connectivity index (χ0v) is 10.2. The molecule has 2 heterocycles. The fourth-order valence-electron chi connectivity index (χ4n) is 1.61. The lowest BCUT2D eigenvalue weighted by atomic mass is 10.2. The maximum absolute atomic E-state index is 5.15. The molecule has 0 spiro atoms. The van der Waals surface area contributed by atoms with Crippen LogP contribution in [0.25, 0.3) is 5.69 Å². The Kier molecular flexibility index (Phi) is 2.82. The highest BCUT2D eigenvalue weighted by atomic mass is 32.2. The molecule has 1 aliphatic heterocycles. The van der Waals surface area contributed by atoms with Crippen LogP contribution in [0, 0.1) is 6.92 Å². The monoisotopic (exact) mass is 248 g/mol. The summed E-state index contributed by atoms with van der Waals surface area (Å²) in [6.07, 6.45) is 0. The molecule has 0 N–H and O–H groups in total. The molecular formula is C11H12N4OS. The third-order valence-corrected chi connectivity index (χ3v) is 3.64. The Balaban J connectivity index is 1.89. The number of aromatic nitrogens is 4. The molecule has 0 radical (unpaired) electrons. The predicted octanol–water partition coefficient (Wildman–Crippen LogP) is 1.46. The van der Waals surface area contributed by atoms with Crippen LogP contribution in [0.5, 0.6) is 0 Å². The molecule has 1 aromatic heterocycles. The summed E-state index contributed by atoms with van der Waals surface area (Å²) < 4.78 is 6.92. The van der Waals surface area contributed by atoms with Crippen molar-refractivity contribution in [2.75, 3.05) is 13.2 Å². The van der Waals surface area contributed by atoms with Crippen LogP contribution in [0.15, 0.2) is 29.4 Å². The van der Waals surface area contributed by atoms with Crippen LogP contribution in [-0.4, -0.2) is 38.7 Å². The topological polar surface area (TPSA) is 52.8 Å². The molecule has 1 fully saturated rings. The van der Waals surface area contributed by atoms with E-state index in [2.05, 4.69) is 34.6 Å². The van der Waals surface area contributed by atoms with E-state index in [0.29, 0.717) is 5.25 Å². The van der Waals surface area contributed by atoms with Crippen LogP contribution >= 0.6 is 11.8 Å². The summed E-state index contributed by atoms with van der Waals surface area (Å²) in [4.78, 5) is 0. The average Bonchev–Trinajstić information content (AvgIpc) is 2.71. The molecule has 1 aromatic carbocycles. The second kappa shape index (κ2) is 4.46. The number of hydrogen-bond donors (Lipinski definition) is 0. The van der Waals surface area contributed by atoms with Crippen LogP contribution < -0.4 is 0 Å². The average molecular weight is 248 g/mol. The summed E-state index contributed by atoms with van der Waals surface area (Å²) in [5.41, 5.74) is 2.19. The number of benzene rings is 1.